The molecule has 1 amide bonds. The molecule has 1 unspecified atom stereocenters. The number of nitrogens with zero attached hydrogens (tertiary/aromatic N) is 2. The molecule has 1 aliphatic heterocycles. The van der Waals surface area contributed by atoms with E-state index in [1.807, 2.05) is 42.5 Å². The highest BCUT2D eigenvalue weighted by atomic mass is 32.2. The van der Waals surface area contributed by atoms with E-state index < -0.39 is 5.97 Å². The molecule has 0 radical (unpaired) electrons. The monoisotopic (exact) mass is 475 g/mol. The second-order valence-electron chi connectivity index (χ2n) is 7.65. The van der Waals surface area contributed by atoms with Gasteiger partial charge >= 0.3 is 5.97 Å². The Labute approximate surface area is 201 Å². The number of nitrogens with one attached hydrogen (secondary N) is 3. The topological polar surface area (TPSA) is 116 Å². The average molecular weight is 476 g/mol. The van der Waals surface area contributed by atoms with Crippen LogP contribution in [0.3, 0.4) is 0 Å². The third-order valence-electron chi connectivity index (χ3n) is 5.13. The van der Waals surface area contributed by atoms with Gasteiger partial charge in [0.05, 0.1) is 12.1 Å². The van der Waals surface area contributed by atoms with Crippen molar-refractivity contribution in [3.8, 4) is 0 Å². The van der Waals surface area contributed by atoms with E-state index in [0.29, 0.717) is 11.3 Å². The fourth-order valence-electron chi connectivity index (χ4n) is 3.43. The van der Waals surface area contributed by atoms with Crippen LogP contribution in [0.5, 0.6) is 0 Å². The summed E-state index contributed by atoms with van der Waals surface area (Å²) in [6.07, 6.45) is 4.28. The minimum absolute atomic E-state index is 0.0623. The Bertz CT molecular complexity index is 1170. The van der Waals surface area contributed by atoms with Gasteiger partial charge in [0.25, 0.3) is 5.91 Å². The molecule has 0 spiro atoms. The fourth-order valence-corrected chi connectivity index (χ4v) is 4.64. The maximum atomic E-state index is 12.9. The first-order chi connectivity index (χ1) is 16.6. The Morgan fingerprint density at radius 1 is 1.09 bits per heavy atom. The van der Waals surface area contributed by atoms with Gasteiger partial charge in [0.15, 0.2) is 5.96 Å². The van der Waals surface area contributed by atoms with Crippen molar-refractivity contribution >= 4 is 41.0 Å². The van der Waals surface area contributed by atoms with Crippen LogP contribution in [0, 0.1) is 0 Å². The molecule has 8 nitrogen and oxygen atoms in total. The van der Waals surface area contributed by atoms with Crippen molar-refractivity contribution in [2.75, 3.05) is 23.7 Å². The van der Waals surface area contributed by atoms with Gasteiger partial charge in [0.2, 0.25) is 0 Å². The van der Waals surface area contributed by atoms with Gasteiger partial charge < -0.3 is 21.1 Å². The first kappa shape index (κ1) is 23.3. The lowest BCUT2D eigenvalue weighted by atomic mass is 10.1. The lowest BCUT2D eigenvalue weighted by molar-refractivity contribution is -0.137. The first-order valence-electron chi connectivity index (χ1n) is 10.9. The van der Waals surface area contributed by atoms with E-state index in [0.717, 1.165) is 41.6 Å². The third-order valence-corrected chi connectivity index (χ3v) is 6.46. The Hall–Kier alpha value is -3.85. The van der Waals surface area contributed by atoms with E-state index in [-0.39, 0.29) is 17.6 Å². The maximum absolute atomic E-state index is 12.9. The van der Waals surface area contributed by atoms with Gasteiger partial charge in [0.1, 0.15) is 0 Å². The second kappa shape index (κ2) is 11.3. The van der Waals surface area contributed by atoms with E-state index in [1.165, 1.54) is 11.8 Å². The van der Waals surface area contributed by atoms with E-state index in [1.54, 1.807) is 30.6 Å². The molecule has 3 aromatic rings. The molecule has 4 N–H and O–H groups in total. The molecule has 174 valence electrons. The van der Waals surface area contributed by atoms with E-state index in [9.17, 15) is 14.7 Å². The molecule has 2 heterocycles. The average Bonchev–Trinajstić information content (AvgIpc) is 2.86. The number of amides is 1. The van der Waals surface area contributed by atoms with E-state index in [2.05, 4.69) is 25.9 Å². The molecule has 2 aromatic carbocycles. The zero-order chi connectivity index (χ0) is 23.8. The van der Waals surface area contributed by atoms with Crippen molar-refractivity contribution in [2.45, 2.75) is 23.0 Å². The zero-order valence-electron chi connectivity index (χ0n) is 18.4. The molecule has 1 atom stereocenters. The highest BCUT2D eigenvalue weighted by Gasteiger charge is 2.19. The smallest absolute Gasteiger partial charge is 0.304 e. The normalized spacial score (nSPS) is 13.8. The SMILES string of the molecule is O=C(O)CC(Sc1ccccc1NC(=O)c1ccc(NC2=NCCCN2)cc1)c1cccnc1. The van der Waals surface area contributed by atoms with E-state index >= 15 is 0 Å². The van der Waals surface area contributed by atoms with Crippen molar-refractivity contribution in [3.05, 3.63) is 84.2 Å². The van der Waals surface area contributed by atoms with Gasteiger partial charge in [-0.05, 0) is 54.4 Å². The highest BCUT2D eigenvalue weighted by Crippen LogP contribution is 2.40. The van der Waals surface area contributed by atoms with Gasteiger partial charge in [-0.25, -0.2) is 0 Å². The molecular weight excluding hydrogens is 450 g/mol. The third kappa shape index (κ3) is 6.35. The summed E-state index contributed by atoms with van der Waals surface area (Å²) in [5.74, 6) is -0.409. The number of carboxylic acid groups (broad SMARTS) is 1. The van der Waals surface area contributed by atoms with Crippen LogP contribution in [0.4, 0.5) is 11.4 Å². The van der Waals surface area contributed by atoms with Crippen LogP contribution < -0.4 is 16.0 Å². The van der Waals surface area contributed by atoms with Crippen molar-refractivity contribution in [2.24, 2.45) is 4.99 Å². The molecule has 0 fully saturated rings. The summed E-state index contributed by atoms with van der Waals surface area (Å²) >= 11 is 1.39. The summed E-state index contributed by atoms with van der Waals surface area (Å²) in [7, 11) is 0. The van der Waals surface area contributed by atoms with Gasteiger partial charge in [-0.15, -0.1) is 11.8 Å². The number of aliphatic imine (C=N–C) groups is 1. The van der Waals surface area contributed by atoms with Crippen molar-refractivity contribution in [3.63, 3.8) is 0 Å². The largest absolute Gasteiger partial charge is 0.481 e. The molecular formula is C25H25N5O3S. The molecule has 34 heavy (non-hydrogen) atoms. The summed E-state index contributed by atoms with van der Waals surface area (Å²) in [5, 5.41) is 18.4. The number of aliphatic carboxylic acids is 1. The van der Waals surface area contributed by atoms with Crippen molar-refractivity contribution < 1.29 is 14.7 Å². The van der Waals surface area contributed by atoms with Crippen molar-refractivity contribution in [1.29, 1.82) is 0 Å². The van der Waals surface area contributed by atoms with Crippen LogP contribution in [0.2, 0.25) is 0 Å². The Balaban J connectivity index is 1.46. The molecule has 1 aromatic heterocycles. The minimum atomic E-state index is -0.897. The zero-order valence-corrected chi connectivity index (χ0v) is 19.2. The number of thioether (sulfide) groups is 1. The lowest BCUT2D eigenvalue weighted by Crippen LogP contribution is -2.35. The number of carboxylic acids is 1. The summed E-state index contributed by atoms with van der Waals surface area (Å²) in [5.41, 5.74) is 2.79. The minimum Gasteiger partial charge on any atom is -0.481 e. The molecule has 1 aliphatic rings. The number of carbonyl (C=O) groups is 2. The number of guanidine groups is 1. The predicted octanol–water partition coefficient (Wildman–Crippen LogP) is 4.40. The Morgan fingerprint density at radius 2 is 1.91 bits per heavy atom. The number of para-hydroxylation sites is 1. The number of carbonyl (C=O) groups excluding carboxylic acids is 1. The number of hydrogen-bond acceptors (Lipinski definition) is 7. The van der Waals surface area contributed by atoms with E-state index in [4.69, 9.17) is 0 Å². The Morgan fingerprint density at radius 3 is 2.62 bits per heavy atom. The number of anilines is 2. The molecule has 0 aliphatic carbocycles. The predicted molar refractivity (Wildman–Crippen MR) is 134 cm³/mol. The van der Waals surface area contributed by atoms with Crippen molar-refractivity contribution in [1.82, 2.24) is 10.3 Å². The molecule has 4 rings (SSSR count). The molecule has 0 saturated carbocycles. The summed E-state index contributed by atoms with van der Waals surface area (Å²) < 4.78 is 0. The van der Waals surface area contributed by atoms with Crippen LogP contribution in [0.25, 0.3) is 0 Å². The number of pyridine rings is 1. The fraction of sp³-hybridized carbons (Fsp3) is 0.200. The van der Waals surface area contributed by atoms with Gasteiger partial charge in [-0.2, -0.15) is 0 Å². The van der Waals surface area contributed by atoms with Crippen LogP contribution in [0.15, 0.2) is 82.9 Å². The van der Waals surface area contributed by atoms with Gasteiger partial charge in [-0.1, -0.05) is 18.2 Å². The van der Waals surface area contributed by atoms with Crippen LogP contribution in [-0.4, -0.2) is 41.0 Å². The summed E-state index contributed by atoms with van der Waals surface area (Å²) in [4.78, 5) is 33.7. The summed E-state index contributed by atoms with van der Waals surface area (Å²) in [6.45, 7) is 1.68. The van der Waals surface area contributed by atoms with Gasteiger partial charge in [-0.3, -0.25) is 19.6 Å². The Kier molecular flexibility index (Phi) is 7.77. The molecule has 9 heteroatoms. The highest BCUT2D eigenvalue weighted by molar-refractivity contribution is 7.99. The number of rotatable bonds is 8. The molecule has 0 bridgehead atoms. The second-order valence-corrected chi connectivity index (χ2v) is 8.90. The van der Waals surface area contributed by atoms with Crippen LogP contribution in [-0.2, 0) is 4.79 Å². The summed E-state index contributed by atoms with van der Waals surface area (Å²) in [6, 6.07) is 18.2. The standard InChI is InChI=1S/C25H25N5O3S/c31-23(32)15-22(18-5-3-12-26-16-18)34-21-7-2-1-6-20(21)30-24(33)17-8-10-19(11-9-17)29-25-27-13-4-14-28-25/h1-3,5-12,16,22H,4,13-15H2,(H,30,33)(H,31,32)(H2,27,28,29). The number of benzene rings is 2. The van der Waals surface area contributed by atoms with Crippen LogP contribution in [0.1, 0.15) is 34.0 Å². The van der Waals surface area contributed by atoms with Crippen LogP contribution >= 0.6 is 11.8 Å². The quantitative estimate of drug-likeness (QED) is 0.357. The number of hydrogen-bond donors (Lipinski definition) is 4. The maximum Gasteiger partial charge on any atom is 0.304 e. The number of aromatic nitrogens is 1. The van der Waals surface area contributed by atoms with Gasteiger partial charge in [0, 0.05) is 46.9 Å². The first-order valence-corrected chi connectivity index (χ1v) is 11.8. The molecule has 0 saturated heterocycles. The lowest BCUT2D eigenvalue weighted by Gasteiger charge is -2.18.